The van der Waals surface area contributed by atoms with Gasteiger partial charge in [0.15, 0.2) is 0 Å². The van der Waals surface area contributed by atoms with E-state index in [-0.39, 0.29) is 33.6 Å². The number of carbonyl (C=O) groups is 2. The normalized spacial score (nSPS) is 12.7. The Balaban J connectivity index is 1.90. The zero-order valence-corrected chi connectivity index (χ0v) is 38.3. The van der Waals surface area contributed by atoms with E-state index < -0.39 is 5.60 Å². The fraction of sp³-hybridized carbons (Fsp3) is 0.412. The van der Waals surface area contributed by atoms with E-state index in [0.717, 1.165) is 76.1 Å². The van der Waals surface area contributed by atoms with Gasteiger partial charge in [-0.15, -0.1) is 0 Å². The number of benzene rings is 5. The highest BCUT2D eigenvalue weighted by Gasteiger charge is 2.31. The third-order valence-electron chi connectivity index (χ3n) is 10.1. The molecule has 0 aromatic heterocycles. The van der Waals surface area contributed by atoms with E-state index in [4.69, 9.17) is 9.47 Å². The van der Waals surface area contributed by atoms with Crippen molar-refractivity contribution >= 4 is 49.4 Å². The Kier molecular flexibility index (Phi) is 11.5. The van der Waals surface area contributed by atoms with Gasteiger partial charge in [0.1, 0.15) is 17.1 Å². The molecule has 0 radical (unpaired) electrons. The van der Waals surface area contributed by atoms with Crippen molar-refractivity contribution in [2.75, 3.05) is 0 Å². The molecule has 6 heteroatoms. The molecule has 1 N–H and O–H groups in total. The SMILES string of the molecule is CC(=O)Oc1c(C(C)(C)C)cc(-c2ccc3c(Br)c4ccc(-c5cc(C(C)(C)C)c(OC(C)=O)c(C(C)(C)C)c5)cc4c(C#CC(C)(C)O)c3c2)cc1C(C)(C)C. The molecule has 0 aliphatic heterocycles. The summed E-state index contributed by atoms with van der Waals surface area (Å²) in [5.74, 6) is 7.09. The smallest absolute Gasteiger partial charge is 0.308 e. The van der Waals surface area contributed by atoms with Gasteiger partial charge in [-0.1, -0.05) is 119 Å². The van der Waals surface area contributed by atoms with Gasteiger partial charge >= 0.3 is 11.9 Å². The Morgan fingerprint density at radius 2 is 0.825 bits per heavy atom. The van der Waals surface area contributed by atoms with Gasteiger partial charge in [-0.25, -0.2) is 0 Å². The summed E-state index contributed by atoms with van der Waals surface area (Å²) in [5.41, 5.74) is 6.14. The minimum absolute atomic E-state index is 0.313. The van der Waals surface area contributed by atoms with Gasteiger partial charge in [0, 0.05) is 46.1 Å². The number of rotatable bonds is 4. The highest BCUT2D eigenvalue weighted by Crippen LogP contribution is 2.47. The Bertz CT molecular complexity index is 2260. The summed E-state index contributed by atoms with van der Waals surface area (Å²) in [6.45, 7) is 31.9. The summed E-state index contributed by atoms with van der Waals surface area (Å²) < 4.78 is 12.9. The summed E-state index contributed by atoms with van der Waals surface area (Å²) in [6.07, 6.45) is 0. The molecule has 0 unspecified atom stereocenters. The molecule has 5 rings (SSSR count). The number of esters is 2. The van der Waals surface area contributed by atoms with Crippen molar-refractivity contribution in [3.63, 3.8) is 0 Å². The molecule has 0 saturated carbocycles. The van der Waals surface area contributed by atoms with Gasteiger partial charge < -0.3 is 14.6 Å². The van der Waals surface area contributed by atoms with Crippen LogP contribution in [0.3, 0.4) is 0 Å². The lowest BCUT2D eigenvalue weighted by molar-refractivity contribution is -0.133. The minimum Gasteiger partial charge on any atom is -0.426 e. The van der Waals surface area contributed by atoms with Gasteiger partial charge in [0.25, 0.3) is 0 Å². The lowest BCUT2D eigenvalue weighted by atomic mass is 9.77. The number of halogens is 1. The molecule has 300 valence electrons. The lowest BCUT2D eigenvalue weighted by Gasteiger charge is -2.30. The molecule has 0 heterocycles. The molecule has 0 saturated heterocycles. The first-order chi connectivity index (χ1) is 26.0. The average molecular weight is 832 g/mol. The van der Waals surface area contributed by atoms with Gasteiger partial charge in [-0.05, 0) is 132 Å². The molecule has 0 fully saturated rings. The molecule has 0 amide bonds. The Labute approximate surface area is 348 Å². The predicted molar refractivity (Wildman–Crippen MR) is 241 cm³/mol. The van der Waals surface area contributed by atoms with E-state index in [1.807, 2.05) is 0 Å². The fourth-order valence-corrected chi connectivity index (χ4v) is 7.90. The van der Waals surface area contributed by atoms with Crippen LogP contribution in [0.2, 0.25) is 0 Å². The Hall–Kier alpha value is -4.44. The minimum atomic E-state index is -1.23. The maximum Gasteiger partial charge on any atom is 0.308 e. The van der Waals surface area contributed by atoms with Crippen LogP contribution >= 0.6 is 15.9 Å². The van der Waals surface area contributed by atoms with Crippen LogP contribution < -0.4 is 9.47 Å². The molecule has 0 aliphatic carbocycles. The third-order valence-corrected chi connectivity index (χ3v) is 11.0. The maximum absolute atomic E-state index is 12.4. The van der Waals surface area contributed by atoms with Crippen molar-refractivity contribution in [3.05, 3.63) is 93.0 Å². The largest absolute Gasteiger partial charge is 0.426 e. The second-order valence-corrected chi connectivity index (χ2v) is 20.8. The molecule has 0 bridgehead atoms. The predicted octanol–water partition coefficient (Wildman–Crippen LogP) is 13.3. The van der Waals surface area contributed by atoms with E-state index in [1.165, 1.54) is 13.8 Å². The van der Waals surface area contributed by atoms with Crippen molar-refractivity contribution < 1.29 is 24.2 Å². The van der Waals surface area contributed by atoms with Crippen LogP contribution in [0.5, 0.6) is 11.5 Å². The summed E-state index contributed by atoms with van der Waals surface area (Å²) in [7, 11) is 0. The van der Waals surface area contributed by atoms with E-state index >= 15 is 0 Å². The maximum atomic E-state index is 12.4. The first-order valence-corrected chi connectivity index (χ1v) is 20.5. The number of aliphatic hydroxyl groups is 1. The summed E-state index contributed by atoms with van der Waals surface area (Å²) in [4.78, 5) is 24.8. The monoisotopic (exact) mass is 830 g/mol. The quantitative estimate of drug-likeness (QED) is 0.0845. The molecule has 0 spiro atoms. The van der Waals surface area contributed by atoms with E-state index in [1.54, 1.807) is 13.8 Å². The van der Waals surface area contributed by atoms with Crippen molar-refractivity contribution in [1.29, 1.82) is 0 Å². The van der Waals surface area contributed by atoms with Crippen LogP contribution in [0.1, 0.15) is 139 Å². The molecular weight excluding hydrogens is 772 g/mol. The van der Waals surface area contributed by atoms with Crippen LogP contribution in [-0.4, -0.2) is 22.6 Å². The average Bonchev–Trinajstić information content (AvgIpc) is 3.05. The molecule has 5 aromatic rings. The van der Waals surface area contributed by atoms with Gasteiger partial charge in [-0.3, -0.25) is 9.59 Å². The topological polar surface area (TPSA) is 72.8 Å². The molecular formula is C51H59BrO5. The second kappa shape index (κ2) is 15.1. The Morgan fingerprint density at radius 1 is 0.509 bits per heavy atom. The van der Waals surface area contributed by atoms with Gasteiger partial charge in [-0.2, -0.15) is 0 Å². The third kappa shape index (κ3) is 9.48. The molecule has 57 heavy (non-hydrogen) atoms. The van der Waals surface area contributed by atoms with Crippen LogP contribution in [0, 0.1) is 11.8 Å². The molecule has 5 nitrogen and oxygen atoms in total. The summed E-state index contributed by atoms with van der Waals surface area (Å²) in [5, 5.41) is 14.8. The number of fused-ring (bicyclic) bond motifs is 2. The zero-order chi connectivity index (χ0) is 42.8. The van der Waals surface area contributed by atoms with Crippen molar-refractivity contribution in [1.82, 2.24) is 0 Å². The molecule has 5 aromatic carbocycles. The van der Waals surface area contributed by atoms with Gasteiger partial charge in [0.2, 0.25) is 0 Å². The van der Waals surface area contributed by atoms with Crippen LogP contribution in [-0.2, 0) is 31.2 Å². The van der Waals surface area contributed by atoms with E-state index in [2.05, 4.69) is 172 Å². The zero-order valence-electron chi connectivity index (χ0n) is 36.7. The number of hydrogen-bond acceptors (Lipinski definition) is 5. The van der Waals surface area contributed by atoms with E-state index in [0.29, 0.717) is 11.5 Å². The lowest BCUT2D eigenvalue weighted by Crippen LogP contribution is -2.21. The summed E-state index contributed by atoms with van der Waals surface area (Å²) >= 11 is 3.99. The highest BCUT2D eigenvalue weighted by molar-refractivity contribution is 9.10. The van der Waals surface area contributed by atoms with Crippen molar-refractivity contribution in [2.45, 2.75) is 138 Å². The number of ether oxygens (including phenoxy) is 2. The van der Waals surface area contributed by atoms with Gasteiger partial charge in [0.05, 0.1) is 0 Å². The molecule has 0 aliphatic rings. The number of hydrogen-bond donors (Lipinski definition) is 1. The second-order valence-electron chi connectivity index (χ2n) is 20.0. The standard InChI is InChI=1S/C51H59BrO5/c1-29(53)56-45-40(47(3,4)5)25-33(26-41(45)48(6,7)8)31-17-19-36-38(23-31)35(21-22-51(15,16)55)39-24-32(18-20-37(39)44(36)52)34-27-42(49(9,10)11)46(57-30(2)54)43(28-34)50(12,13)14/h17-20,23-28,55H,1-16H3. The van der Waals surface area contributed by atoms with E-state index in [9.17, 15) is 14.7 Å². The first kappa shape index (κ1) is 43.7. The van der Waals surface area contributed by atoms with Crippen LogP contribution in [0.15, 0.2) is 65.1 Å². The van der Waals surface area contributed by atoms with Crippen LogP contribution in [0.4, 0.5) is 0 Å². The Morgan fingerprint density at radius 3 is 1.09 bits per heavy atom. The summed E-state index contributed by atoms with van der Waals surface area (Å²) in [6, 6.07) is 21.5. The molecule has 0 atom stereocenters. The fourth-order valence-electron chi connectivity index (χ4n) is 7.21. The van der Waals surface area contributed by atoms with Crippen molar-refractivity contribution in [2.24, 2.45) is 0 Å². The number of carbonyl (C=O) groups excluding carboxylic acids is 2. The van der Waals surface area contributed by atoms with Crippen LogP contribution in [0.25, 0.3) is 43.8 Å². The highest BCUT2D eigenvalue weighted by atomic mass is 79.9. The van der Waals surface area contributed by atoms with Crippen molar-refractivity contribution in [3.8, 4) is 45.6 Å². The first-order valence-electron chi connectivity index (χ1n) is 19.7.